The second-order valence-corrected chi connectivity index (χ2v) is 6.70. The van der Waals surface area contributed by atoms with Gasteiger partial charge in [0.05, 0.1) is 5.56 Å². The van der Waals surface area contributed by atoms with Gasteiger partial charge in [-0.05, 0) is 24.7 Å². The average molecular weight is 335 g/mol. The van der Waals surface area contributed by atoms with Crippen molar-refractivity contribution < 1.29 is 9.21 Å². The Labute approximate surface area is 146 Å². The third-order valence-electron chi connectivity index (χ3n) is 4.82. The van der Waals surface area contributed by atoms with Gasteiger partial charge in [0, 0.05) is 32.0 Å². The highest BCUT2D eigenvalue weighted by Gasteiger charge is 2.33. The first-order valence-electron chi connectivity index (χ1n) is 8.52. The molecule has 0 bridgehead atoms. The average Bonchev–Trinajstić information content (AvgIpc) is 3.16. The molecular weight excluding hydrogens is 314 g/mol. The van der Waals surface area contributed by atoms with Gasteiger partial charge in [-0.1, -0.05) is 36.4 Å². The van der Waals surface area contributed by atoms with Crippen LogP contribution in [0.2, 0.25) is 0 Å². The Morgan fingerprint density at radius 2 is 1.96 bits per heavy atom. The number of carbonyl (C=O) groups excluding carboxylic acids is 1. The monoisotopic (exact) mass is 335 g/mol. The summed E-state index contributed by atoms with van der Waals surface area (Å²) >= 11 is 0. The van der Waals surface area contributed by atoms with Crippen molar-refractivity contribution in [3.05, 3.63) is 65.5 Å². The summed E-state index contributed by atoms with van der Waals surface area (Å²) in [6.07, 6.45) is 0. The minimum absolute atomic E-state index is 0.0724. The maximum atomic E-state index is 12.9. The fourth-order valence-electron chi connectivity index (χ4n) is 3.67. The van der Waals surface area contributed by atoms with E-state index in [9.17, 15) is 4.79 Å². The van der Waals surface area contributed by atoms with E-state index < -0.39 is 0 Å². The lowest BCUT2D eigenvalue weighted by molar-refractivity contribution is 0.0937. The number of amides is 1. The van der Waals surface area contributed by atoms with Gasteiger partial charge in [-0.25, -0.2) is 4.98 Å². The minimum atomic E-state index is -0.0971. The van der Waals surface area contributed by atoms with Crippen LogP contribution >= 0.6 is 0 Å². The van der Waals surface area contributed by atoms with Gasteiger partial charge in [-0.2, -0.15) is 0 Å². The number of likely N-dealkylation sites (tertiary alicyclic amines) is 1. The number of fused-ring (bicyclic) bond motifs is 1. The van der Waals surface area contributed by atoms with Gasteiger partial charge in [0.1, 0.15) is 5.52 Å². The Bertz CT molecular complexity index is 904. The van der Waals surface area contributed by atoms with E-state index in [1.165, 1.54) is 5.56 Å². The van der Waals surface area contributed by atoms with Crippen molar-refractivity contribution in [2.75, 3.05) is 20.1 Å². The van der Waals surface area contributed by atoms with Crippen LogP contribution in [-0.4, -0.2) is 42.0 Å². The summed E-state index contributed by atoms with van der Waals surface area (Å²) in [6.45, 7) is 3.56. The second-order valence-electron chi connectivity index (χ2n) is 6.70. The molecule has 2 heterocycles. The second kappa shape index (κ2) is 6.33. The quantitative estimate of drug-likeness (QED) is 0.799. The van der Waals surface area contributed by atoms with E-state index in [-0.39, 0.29) is 17.9 Å². The molecule has 5 heteroatoms. The molecule has 3 aromatic rings. The van der Waals surface area contributed by atoms with Crippen molar-refractivity contribution >= 4 is 17.0 Å². The fourth-order valence-corrected chi connectivity index (χ4v) is 3.67. The van der Waals surface area contributed by atoms with E-state index in [1.54, 1.807) is 13.0 Å². The number of para-hydroxylation sites is 1. The van der Waals surface area contributed by atoms with Gasteiger partial charge in [0.15, 0.2) is 11.5 Å². The summed E-state index contributed by atoms with van der Waals surface area (Å²) in [6, 6.07) is 15.9. The summed E-state index contributed by atoms with van der Waals surface area (Å²) < 4.78 is 5.54. The predicted octanol–water partition coefficient (Wildman–Crippen LogP) is 2.96. The first-order valence-corrected chi connectivity index (χ1v) is 8.52. The molecule has 2 aromatic carbocycles. The van der Waals surface area contributed by atoms with Crippen LogP contribution in [0.25, 0.3) is 11.1 Å². The Balaban J connectivity index is 1.60. The zero-order chi connectivity index (χ0) is 17.4. The standard InChI is InChI=1S/C20H21N3O2/c1-13-21-19-15(9-6-10-18(19)25-13)20(24)22-17-12-23(2)11-16(17)14-7-4-3-5-8-14/h3-10,16-17H,11-12H2,1-2H3,(H,22,24)/t16-,17-/m1/s1. The highest BCUT2D eigenvalue weighted by Crippen LogP contribution is 2.27. The maximum Gasteiger partial charge on any atom is 0.253 e. The molecule has 5 nitrogen and oxygen atoms in total. The van der Waals surface area contributed by atoms with Crippen LogP contribution < -0.4 is 5.32 Å². The third kappa shape index (κ3) is 3.03. The number of rotatable bonds is 3. The number of nitrogens with zero attached hydrogens (tertiary/aromatic N) is 2. The molecule has 0 radical (unpaired) electrons. The SMILES string of the molecule is Cc1nc2c(C(=O)N[C@@H]3CN(C)C[C@@H]3c3ccccc3)cccc2o1. The van der Waals surface area contributed by atoms with Crippen molar-refractivity contribution in [2.45, 2.75) is 18.9 Å². The van der Waals surface area contributed by atoms with E-state index >= 15 is 0 Å². The topological polar surface area (TPSA) is 58.4 Å². The molecule has 0 saturated carbocycles. The maximum absolute atomic E-state index is 12.9. The molecule has 128 valence electrons. The van der Waals surface area contributed by atoms with E-state index in [4.69, 9.17) is 4.42 Å². The molecule has 1 fully saturated rings. The fraction of sp³-hybridized carbons (Fsp3) is 0.300. The molecule has 1 saturated heterocycles. The van der Waals surface area contributed by atoms with Gasteiger partial charge in [-0.15, -0.1) is 0 Å². The van der Waals surface area contributed by atoms with Crippen LogP contribution in [0.15, 0.2) is 52.9 Å². The molecule has 1 aromatic heterocycles. The van der Waals surface area contributed by atoms with Crippen LogP contribution in [-0.2, 0) is 0 Å². The Morgan fingerprint density at radius 1 is 1.16 bits per heavy atom. The number of benzene rings is 2. The lowest BCUT2D eigenvalue weighted by atomic mass is 9.94. The normalized spacial score (nSPS) is 20.9. The lowest BCUT2D eigenvalue weighted by Gasteiger charge is -2.20. The van der Waals surface area contributed by atoms with Crippen LogP contribution in [0.4, 0.5) is 0 Å². The molecule has 4 rings (SSSR count). The molecule has 1 N–H and O–H groups in total. The highest BCUT2D eigenvalue weighted by atomic mass is 16.3. The zero-order valence-corrected chi connectivity index (χ0v) is 14.4. The number of oxazole rings is 1. The number of aryl methyl sites for hydroxylation is 1. The minimum Gasteiger partial charge on any atom is -0.441 e. The van der Waals surface area contributed by atoms with Crippen LogP contribution in [0.1, 0.15) is 27.7 Å². The summed E-state index contributed by atoms with van der Waals surface area (Å²) in [5.74, 6) is 0.756. The summed E-state index contributed by atoms with van der Waals surface area (Å²) in [5.41, 5.74) is 3.09. The van der Waals surface area contributed by atoms with Gasteiger partial charge >= 0.3 is 0 Å². The van der Waals surface area contributed by atoms with Crippen LogP contribution in [0.3, 0.4) is 0 Å². The summed E-state index contributed by atoms with van der Waals surface area (Å²) in [4.78, 5) is 19.5. The number of hydrogen-bond acceptors (Lipinski definition) is 4. The van der Waals surface area contributed by atoms with Crippen molar-refractivity contribution in [3.63, 3.8) is 0 Å². The first kappa shape index (κ1) is 15.8. The van der Waals surface area contributed by atoms with E-state index in [0.717, 1.165) is 13.1 Å². The van der Waals surface area contributed by atoms with Crippen LogP contribution in [0, 0.1) is 6.92 Å². The van der Waals surface area contributed by atoms with Crippen molar-refractivity contribution in [1.29, 1.82) is 0 Å². The summed E-state index contributed by atoms with van der Waals surface area (Å²) in [7, 11) is 2.09. The lowest BCUT2D eigenvalue weighted by Crippen LogP contribution is -2.39. The Morgan fingerprint density at radius 3 is 2.76 bits per heavy atom. The Kier molecular flexibility index (Phi) is 4.01. The van der Waals surface area contributed by atoms with Crippen molar-refractivity contribution in [1.82, 2.24) is 15.2 Å². The van der Waals surface area contributed by atoms with Gasteiger partial charge < -0.3 is 14.6 Å². The van der Waals surface area contributed by atoms with Gasteiger partial charge in [-0.3, -0.25) is 4.79 Å². The van der Waals surface area contributed by atoms with Crippen molar-refractivity contribution in [3.8, 4) is 0 Å². The molecule has 1 aliphatic heterocycles. The number of likely N-dealkylation sites (N-methyl/N-ethyl adjacent to an activating group) is 1. The number of aromatic nitrogens is 1. The van der Waals surface area contributed by atoms with Gasteiger partial charge in [0.2, 0.25) is 0 Å². The number of hydrogen-bond donors (Lipinski definition) is 1. The first-order chi connectivity index (χ1) is 12.1. The number of nitrogens with one attached hydrogen (secondary N) is 1. The summed E-state index contributed by atoms with van der Waals surface area (Å²) in [5, 5.41) is 3.21. The highest BCUT2D eigenvalue weighted by molar-refractivity contribution is 6.04. The Hall–Kier alpha value is -2.66. The van der Waals surface area contributed by atoms with Crippen LogP contribution in [0.5, 0.6) is 0 Å². The molecule has 1 amide bonds. The molecule has 25 heavy (non-hydrogen) atoms. The molecule has 0 spiro atoms. The smallest absolute Gasteiger partial charge is 0.253 e. The predicted molar refractivity (Wildman–Crippen MR) is 96.7 cm³/mol. The molecule has 1 aliphatic rings. The molecule has 2 atom stereocenters. The van der Waals surface area contributed by atoms with E-state index in [0.29, 0.717) is 22.6 Å². The van der Waals surface area contributed by atoms with Crippen molar-refractivity contribution in [2.24, 2.45) is 0 Å². The van der Waals surface area contributed by atoms with E-state index in [2.05, 4.69) is 34.4 Å². The molecular formula is C20H21N3O2. The molecule has 0 unspecified atom stereocenters. The third-order valence-corrected chi connectivity index (χ3v) is 4.82. The molecule has 0 aliphatic carbocycles. The zero-order valence-electron chi connectivity index (χ0n) is 14.4. The number of carbonyl (C=O) groups is 1. The largest absolute Gasteiger partial charge is 0.441 e. The van der Waals surface area contributed by atoms with Gasteiger partial charge in [0.25, 0.3) is 5.91 Å². The van der Waals surface area contributed by atoms with E-state index in [1.807, 2.05) is 30.3 Å².